The zero-order valence-electron chi connectivity index (χ0n) is 10.8. The lowest BCUT2D eigenvalue weighted by molar-refractivity contribution is 0.560. The molecule has 2 aromatic rings. The lowest BCUT2D eigenvalue weighted by Gasteiger charge is -2.07. The largest absolute Gasteiger partial charge is 0.307 e. The Kier molecular flexibility index (Phi) is 4.10. The second-order valence-corrected chi connectivity index (χ2v) is 4.29. The molecular formula is C14H18FN3. The number of halogens is 1. The highest BCUT2D eigenvalue weighted by Gasteiger charge is 2.04. The number of benzene rings is 1. The summed E-state index contributed by atoms with van der Waals surface area (Å²) in [7, 11) is 0. The van der Waals surface area contributed by atoms with E-state index >= 15 is 0 Å². The fourth-order valence-electron chi connectivity index (χ4n) is 1.98. The van der Waals surface area contributed by atoms with E-state index in [0.29, 0.717) is 18.7 Å². The molecule has 0 fully saturated rings. The zero-order valence-corrected chi connectivity index (χ0v) is 10.8. The van der Waals surface area contributed by atoms with Crippen molar-refractivity contribution >= 4 is 0 Å². The van der Waals surface area contributed by atoms with E-state index in [0.717, 1.165) is 17.9 Å². The van der Waals surface area contributed by atoms with E-state index < -0.39 is 0 Å². The third kappa shape index (κ3) is 2.96. The second-order valence-electron chi connectivity index (χ2n) is 4.29. The maximum atomic E-state index is 13.4. The number of aryl methyl sites for hydroxylation is 2. The maximum Gasteiger partial charge on any atom is 0.127 e. The summed E-state index contributed by atoms with van der Waals surface area (Å²) in [6.45, 7) is 6.12. The molecule has 1 aromatic carbocycles. The second kappa shape index (κ2) is 5.78. The Bertz CT molecular complexity index is 520. The van der Waals surface area contributed by atoms with Crippen LogP contribution >= 0.6 is 0 Å². The van der Waals surface area contributed by atoms with Crippen molar-refractivity contribution in [3.63, 3.8) is 0 Å². The molecule has 0 saturated heterocycles. The summed E-state index contributed by atoms with van der Waals surface area (Å²) >= 11 is 0. The van der Waals surface area contributed by atoms with Crippen LogP contribution in [0.25, 0.3) is 0 Å². The maximum absolute atomic E-state index is 13.4. The number of hydrogen-bond donors (Lipinski definition) is 1. The molecular weight excluding hydrogens is 229 g/mol. The van der Waals surface area contributed by atoms with Gasteiger partial charge in [0.2, 0.25) is 0 Å². The average Bonchev–Trinajstić information content (AvgIpc) is 2.72. The predicted octanol–water partition coefficient (Wildman–Crippen LogP) is 2.64. The van der Waals surface area contributed by atoms with Crippen molar-refractivity contribution in [2.45, 2.75) is 33.5 Å². The van der Waals surface area contributed by atoms with Crippen LogP contribution in [0.3, 0.4) is 0 Å². The first-order chi connectivity index (χ1) is 8.70. The van der Waals surface area contributed by atoms with Gasteiger partial charge in [0.05, 0.1) is 11.4 Å². The molecule has 3 nitrogen and oxygen atoms in total. The summed E-state index contributed by atoms with van der Waals surface area (Å²) in [5, 5.41) is 7.62. The Labute approximate surface area is 107 Å². The number of nitrogens with zero attached hydrogens (tertiary/aromatic N) is 2. The van der Waals surface area contributed by atoms with E-state index in [1.54, 1.807) is 12.1 Å². The van der Waals surface area contributed by atoms with Crippen LogP contribution in [0.15, 0.2) is 30.3 Å². The van der Waals surface area contributed by atoms with Crippen molar-refractivity contribution in [2.24, 2.45) is 0 Å². The standard InChI is InChI=1S/C14H18FN3/c1-3-18-13(8-11(2)17-18)10-16-9-12-6-4-5-7-14(12)15/h4-8,16H,3,9-10H2,1-2H3. The molecule has 1 N–H and O–H groups in total. The van der Waals surface area contributed by atoms with Crippen molar-refractivity contribution in [3.05, 3.63) is 53.1 Å². The highest BCUT2D eigenvalue weighted by atomic mass is 19.1. The third-order valence-corrected chi connectivity index (χ3v) is 2.86. The molecule has 1 aromatic heterocycles. The molecule has 0 saturated carbocycles. The van der Waals surface area contributed by atoms with Crippen LogP contribution in [0, 0.1) is 12.7 Å². The monoisotopic (exact) mass is 247 g/mol. The lowest BCUT2D eigenvalue weighted by Crippen LogP contribution is -2.16. The molecule has 0 atom stereocenters. The summed E-state index contributed by atoms with van der Waals surface area (Å²) in [6.07, 6.45) is 0. The van der Waals surface area contributed by atoms with Gasteiger partial charge in [-0.2, -0.15) is 5.10 Å². The van der Waals surface area contributed by atoms with Crippen LogP contribution in [0.4, 0.5) is 4.39 Å². The molecule has 0 amide bonds. The van der Waals surface area contributed by atoms with Gasteiger partial charge < -0.3 is 5.32 Å². The molecule has 2 rings (SSSR count). The smallest absolute Gasteiger partial charge is 0.127 e. The van der Waals surface area contributed by atoms with Gasteiger partial charge in [-0.15, -0.1) is 0 Å². The van der Waals surface area contributed by atoms with E-state index in [1.165, 1.54) is 6.07 Å². The molecule has 0 spiro atoms. The van der Waals surface area contributed by atoms with Crippen molar-refractivity contribution < 1.29 is 4.39 Å². The van der Waals surface area contributed by atoms with Crippen LogP contribution < -0.4 is 5.32 Å². The summed E-state index contributed by atoms with van der Waals surface area (Å²) in [4.78, 5) is 0. The van der Waals surface area contributed by atoms with Gasteiger partial charge in [0, 0.05) is 25.2 Å². The summed E-state index contributed by atoms with van der Waals surface area (Å²) in [6, 6.07) is 8.88. The van der Waals surface area contributed by atoms with Gasteiger partial charge in [0.15, 0.2) is 0 Å². The molecule has 18 heavy (non-hydrogen) atoms. The van der Waals surface area contributed by atoms with Crippen LogP contribution in [-0.4, -0.2) is 9.78 Å². The van der Waals surface area contributed by atoms with E-state index in [4.69, 9.17) is 0 Å². The van der Waals surface area contributed by atoms with Crippen LogP contribution in [0.1, 0.15) is 23.9 Å². The van der Waals surface area contributed by atoms with Crippen LogP contribution in [-0.2, 0) is 19.6 Å². The van der Waals surface area contributed by atoms with E-state index in [2.05, 4.69) is 23.4 Å². The van der Waals surface area contributed by atoms with E-state index in [-0.39, 0.29) is 5.82 Å². The summed E-state index contributed by atoms with van der Waals surface area (Å²) in [5.74, 6) is -0.162. The summed E-state index contributed by atoms with van der Waals surface area (Å²) in [5.41, 5.74) is 2.84. The molecule has 0 aliphatic heterocycles. The van der Waals surface area contributed by atoms with Crippen LogP contribution in [0.5, 0.6) is 0 Å². The minimum Gasteiger partial charge on any atom is -0.307 e. The first kappa shape index (κ1) is 12.8. The minimum absolute atomic E-state index is 0.162. The molecule has 1 heterocycles. The van der Waals surface area contributed by atoms with Gasteiger partial charge in [-0.1, -0.05) is 18.2 Å². The molecule has 0 bridgehead atoms. The highest BCUT2D eigenvalue weighted by molar-refractivity contribution is 5.17. The Morgan fingerprint density at radius 2 is 2.06 bits per heavy atom. The van der Waals surface area contributed by atoms with Gasteiger partial charge >= 0.3 is 0 Å². The van der Waals surface area contributed by atoms with Crippen molar-refractivity contribution in [1.82, 2.24) is 15.1 Å². The fraction of sp³-hybridized carbons (Fsp3) is 0.357. The van der Waals surface area contributed by atoms with E-state index in [9.17, 15) is 4.39 Å². The topological polar surface area (TPSA) is 29.9 Å². The van der Waals surface area contributed by atoms with Gasteiger partial charge in [-0.25, -0.2) is 4.39 Å². The Morgan fingerprint density at radius 3 is 2.78 bits per heavy atom. The first-order valence-electron chi connectivity index (χ1n) is 6.18. The van der Waals surface area contributed by atoms with Crippen LogP contribution in [0.2, 0.25) is 0 Å². The average molecular weight is 247 g/mol. The minimum atomic E-state index is -0.162. The predicted molar refractivity (Wildman–Crippen MR) is 69.6 cm³/mol. The van der Waals surface area contributed by atoms with Crippen molar-refractivity contribution in [3.8, 4) is 0 Å². The highest BCUT2D eigenvalue weighted by Crippen LogP contribution is 2.07. The molecule has 0 radical (unpaired) electrons. The third-order valence-electron chi connectivity index (χ3n) is 2.86. The SMILES string of the molecule is CCn1nc(C)cc1CNCc1ccccc1F. The van der Waals surface area contributed by atoms with Gasteiger partial charge in [-0.05, 0) is 26.0 Å². The normalized spacial score (nSPS) is 10.8. The number of hydrogen-bond acceptors (Lipinski definition) is 2. The Morgan fingerprint density at radius 1 is 1.28 bits per heavy atom. The molecule has 96 valence electrons. The van der Waals surface area contributed by atoms with Gasteiger partial charge in [0.1, 0.15) is 5.82 Å². The molecule has 4 heteroatoms. The quantitative estimate of drug-likeness (QED) is 0.880. The van der Waals surface area contributed by atoms with Gasteiger partial charge in [-0.3, -0.25) is 4.68 Å². The molecule has 0 aliphatic rings. The molecule has 0 unspecified atom stereocenters. The number of rotatable bonds is 5. The Hall–Kier alpha value is -1.68. The number of nitrogens with one attached hydrogen (secondary N) is 1. The molecule has 0 aliphatic carbocycles. The van der Waals surface area contributed by atoms with Gasteiger partial charge in [0.25, 0.3) is 0 Å². The lowest BCUT2D eigenvalue weighted by atomic mass is 10.2. The number of aromatic nitrogens is 2. The van der Waals surface area contributed by atoms with Crippen molar-refractivity contribution in [1.29, 1.82) is 0 Å². The zero-order chi connectivity index (χ0) is 13.0. The van der Waals surface area contributed by atoms with E-state index in [1.807, 2.05) is 17.7 Å². The van der Waals surface area contributed by atoms with Crippen molar-refractivity contribution in [2.75, 3.05) is 0 Å². The first-order valence-corrected chi connectivity index (χ1v) is 6.18. The Balaban J connectivity index is 1.94. The fourth-order valence-corrected chi connectivity index (χ4v) is 1.98. The summed E-state index contributed by atoms with van der Waals surface area (Å²) < 4.78 is 15.4.